The second kappa shape index (κ2) is 13.9. The van der Waals surface area contributed by atoms with Crippen molar-refractivity contribution in [1.82, 2.24) is 4.72 Å². The molecule has 1 N–H and O–H groups in total. The average Bonchev–Trinajstić information content (AvgIpc) is 2.81. The van der Waals surface area contributed by atoms with Gasteiger partial charge in [-0.05, 0) is 47.0 Å². The molecule has 0 spiro atoms. The smallest absolute Gasteiger partial charge is 0.250 e. The Balaban J connectivity index is 1.97. The van der Waals surface area contributed by atoms with E-state index in [0.717, 1.165) is 29.4 Å². The minimum atomic E-state index is -3.94. The molecule has 0 aliphatic carbocycles. The second-order valence-electron chi connectivity index (χ2n) is 7.45. The van der Waals surface area contributed by atoms with Crippen LogP contribution in [0.5, 0.6) is 0 Å². The fourth-order valence-corrected chi connectivity index (χ4v) is 4.07. The number of benzene rings is 2. The minimum Gasteiger partial charge on any atom is -0.382 e. The molecule has 0 amide bonds. The number of hydrogen-bond acceptors (Lipinski definition) is 7. The number of methoxy groups -OCH3 is 1. The van der Waals surface area contributed by atoms with Crippen molar-refractivity contribution in [1.29, 1.82) is 5.26 Å². The standard InChI is InChI=1S/C24H33N3O5S/c1-4-10-27(2)23-8-7-21-16-20(5-6-22(21)18-23)17-24(19-25)33(28,29)26-9-11-31-14-15-32-13-12-30-3/h5-8,16-18,26H,4,9-15H2,1-3H3/b24-17+. The highest BCUT2D eigenvalue weighted by Crippen LogP contribution is 2.24. The molecule has 2 aromatic carbocycles. The van der Waals surface area contributed by atoms with Crippen molar-refractivity contribution in [2.45, 2.75) is 13.3 Å². The van der Waals surface area contributed by atoms with E-state index in [1.54, 1.807) is 13.2 Å². The van der Waals surface area contributed by atoms with Crippen molar-refractivity contribution in [3.8, 4) is 6.07 Å². The van der Waals surface area contributed by atoms with Crippen LogP contribution in [0.3, 0.4) is 0 Å². The molecule has 0 radical (unpaired) electrons. The van der Waals surface area contributed by atoms with Gasteiger partial charge in [0.15, 0.2) is 4.91 Å². The average molecular weight is 476 g/mol. The van der Waals surface area contributed by atoms with E-state index in [2.05, 4.69) is 29.7 Å². The van der Waals surface area contributed by atoms with Crippen LogP contribution in [0.4, 0.5) is 5.69 Å². The lowest BCUT2D eigenvalue weighted by molar-refractivity contribution is 0.0263. The van der Waals surface area contributed by atoms with Gasteiger partial charge in [-0.3, -0.25) is 0 Å². The van der Waals surface area contributed by atoms with Gasteiger partial charge in [-0.1, -0.05) is 25.1 Å². The number of anilines is 1. The van der Waals surface area contributed by atoms with Crippen LogP contribution in [0.1, 0.15) is 18.9 Å². The van der Waals surface area contributed by atoms with Gasteiger partial charge in [-0.25, -0.2) is 13.1 Å². The molecule has 0 bridgehead atoms. The summed E-state index contributed by atoms with van der Waals surface area (Å²) in [5.74, 6) is 0. The van der Waals surface area contributed by atoms with E-state index >= 15 is 0 Å². The summed E-state index contributed by atoms with van der Waals surface area (Å²) in [6.07, 6.45) is 2.44. The molecule has 0 unspecified atom stereocenters. The van der Waals surface area contributed by atoms with E-state index in [1.165, 1.54) is 6.08 Å². The third-order valence-corrected chi connectivity index (χ3v) is 6.26. The van der Waals surface area contributed by atoms with E-state index in [-0.39, 0.29) is 18.1 Å². The number of nitrogens with zero attached hydrogens (tertiary/aromatic N) is 2. The fourth-order valence-electron chi connectivity index (χ4n) is 3.15. The molecule has 0 aliphatic rings. The van der Waals surface area contributed by atoms with Crippen molar-refractivity contribution in [3.05, 3.63) is 46.9 Å². The van der Waals surface area contributed by atoms with Crippen LogP contribution in [0, 0.1) is 11.3 Å². The van der Waals surface area contributed by atoms with Crippen LogP contribution in [-0.2, 0) is 24.2 Å². The molecule has 8 nitrogen and oxygen atoms in total. The molecular weight excluding hydrogens is 442 g/mol. The molecule has 2 rings (SSSR count). The first-order valence-corrected chi connectivity index (χ1v) is 12.4. The van der Waals surface area contributed by atoms with Crippen molar-refractivity contribution in [2.75, 3.05) is 65.2 Å². The number of sulfonamides is 1. The number of ether oxygens (including phenoxy) is 3. The first-order valence-electron chi connectivity index (χ1n) is 10.9. The molecule has 9 heteroatoms. The zero-order valence-electron chi connectivity index (χ0n) is 19.5. The summed E-state index contributed by atoms with van der Waals surface area (Å²) < 4.78 is 42.9. The number of allylic oxidation sites excluding steroid dienone is 1. The van der Waals surface area contributed by atoms with Crippen molar-refractivity contribution in [2.24, 2.45) is 0 Å². The van der Waals surface area contributed by atoms with Gasteiger partial charge in [0.2, 0.25) is 0 Å². The molecule has 0 aromatic heterocycles. The Morgan fingerprint density at radius 1 is 1.06 bits per heavy atom. The number of hydrogen-bond donors (Lipinski definition) is 1. The number of rotatable bonds is 15. The van der Waals surface area contributed by atoms with E-state index in [9.17, 15) is 13.7 Å². The highest BCUT2D eigenvalue weighted by molar-refractivity contribution is 7.93. The fraction of sp³-hybridized carbons (Fsp3) is 0.458. The summed E-state index contributed by atoms with van der Waals surface area (Å²) in [4.78, 5) is 1.85. The SMILES string of the molecule is CCCN(C)c1ccc2cc(/C=C(\C#N)S(=O)(=O)NCCOCCOCCOC)ccc2c1. The zero-order valence-corrected chi connectivity index (χ0v) is 20.4. The van der Waals surface area contributed by atoms with Crippen molar-refractivity contribution >= 4 is 32.6 Å². The predicted molar refractivity (Wildman–Crippen MR) is 132 cm³/mol. The van der Waals surface area contributed by atoms with E-state index in [1.807, 2.05) is 30.3 Å². The Labute approximate surface area is 196 Å². The summed E-state index contributed by atoms with van der Waals surface area (Å²) in [7, 11) is -0.285. The Kier molecular flexibility index (Phi) is 11.3. The molecule has 2 aromatic rings. The van der Waals surface area contributed by atoms with Gasteiger partial charge in [-0.2, -0.15) is 5.26 Å². The minimum absolute atomic E-state index is 0.0607. The summed E-state index contributed by atoms with van der Waals surface area (Å²) in [6.45, 7) is 5.08. The molecule has 33 heavy (non-hydrogen) atoms. The maximum Gasteiger partial charge on any atom is 0.250 e. The molecule has 0 fully saturated rings. The molecule has 0 atom stereocenters. The molecule has 0 aliphatic heterocycles. The van der Waals surface area contributed by atoms with E-state index < -0.39 is 10.0 Å². The lowest BCUT2D eigenvalue weighted by Gasteiger charge is -2.18. The maximum atomic E-state index is 12.5. The Morgan fingerprint density at radius 2 is 1.73 bits per heavy atom. The summed E-state index contributed by atoms with van der Waals surface area (Å²) in [5, 5.41) is 11.5. The normalized spacial score (nSPS) is 12.1. The third-order valence-electron chi connectivity index (χ3n) is 4.89. The number of fused-ring (bicyclic) bond motifs is 1. The van der Waals surface area contributed by atoms with Gasteiger partial charge in [0.1, 0.15) is 6.07 Å². The molecule has 0 saturated heterocycles. The third kappa shape index (κ3) is 8.76. The summed E-state index contributed by atoms with van der Waals surface area (Å²) >= 11 is 0. The van der Waals surface area contributed by atoms with Crippen LogP contribution in [0.15, 0.2) is 41.3 Å². The quantitative estimate of drug-likeness (QED) is 0.312. The van der Waals surface area contributed by atoms with Crippen molar-refractivity contribution < 1.29 is 22.6 Å². The topological polar surface area (TPSA) is 101 Å². The Morgan fingerprint density at radius 3 is 2.42 bits per heavy atom. The van der Waals surface area contributed by atoms with Crippen LogP contribution in [0.2, 0.25) is 0 Å². The van der Waals surface area contributed by atoms with Gasteiger partial charge in [-0.15, -0.1) is 0 Å². The molecular formula is C24H33N3O5S. The maximum absolute atomic E-state index is 12.5. The van der Waals surface area contributed by atoms with Gasteiger partial charge >= 0.3 is 0 Å². The molecule has 0 saturated carbocycles. The van der Waals surface area contributed by atoms with Gasteiger partial charge in [0.25, 0.3) is 10.0 Å². The van der Waals surface area contributed by atoms with Gasteiger partial charge in [0, 0.05) is 32.9 Å². The van der Waals surface area contributed by atoms with Crippen LogP contribution < -0.4 is 9.62 Å². The number of nitriles is 1. The lowest BCUT2D eigenvalue weighted by atomic mass is 10.1. The Bertz CT molecular complexity index is 1060. The zero-order chi connectivity index (χ0) is 24.1. The van der Waals surface area contributed by atoms with Gasteiger partial charge in [0.05, 0.1) is 33.0 Å². The van der Waals surface area contributed by atoms with Crippen LogP contribution in [0.25, 0.3) is 16.8 Å². The number of nitrogens with one attached hydrogen (secondary N) is 1. The monoisotopic (exact) mass is 475 g/mol. The largest absolute Gasteiger partial charge is 0.382 e. The van der Waals surface area contributed by atoms with Gasteiger partial charge < -0.3 is 19.1 Å². The van der Waals surface area contributed by atoms with Crippen molar-refractivity contribution in [3.63, 3.8) is 0 Å². The Hall–Kier alpha value is -2.48. The van der Waals surface area contributed by atoms with E-state index in [0.29, 0.717) is 32.0 Å². The highest BCUT2D eigenvalue weighted by Gasteiger charge is 2.17. The van der Waals surface area contributed by atoms with E-state index in [4.69, 9.17) is 14.2 Å². The first-order chi connectivity index (χ1) is 15.9. The first kappa shape index (κ1) is 26.8. The summed E-state index contributed by atoms with van der Waals surface area (Å²) in [6, 6.07) is 13.6. The van der Waals surface area contributed by atoms with Crippen LogP contribution in [-0.4, -0.2) is 68.7 Å². The lowest BCUT2D eigenvalue weighted by Crippen LogP contribution is -2.28. The predicted octanol–water partition coefficient (Wildman–Crippen LogP) is 3.15. The second-order valence-corrected chi connectivity index (χ2v) is 9.18. The summed E-state index contributed by atoms with van der Waals surface area (Å²) in [5.41, 5.74) is 1.77. The molecule has 180 valence electrons. The van der Waals surface area contributed by atoms with Crippen LogP contribution >= 0.6 is 0 Å². The highest BCUT2D eigenvalue weighted by atomic mass is 32.2. The molecule has 0 heterocycles.